The van der Waals surface area contributed by atoms with Crippen LogP contribution in [0.2, 0.25) is 0 Å². The summed E-state index contributed by atoms with van der Waals surface area (Å²) in [6.07, 6.45) is 6.81. The maximum atomic E-state index is 12.7. The fraction of sp³-hybridized carbons (Fsp3) is 0.333. The van der Waals surface area contributed by atoms with Gasteiger partial charge >= 0.3 is 0 Å². The molecule has 0 unspecified atom stereocenters. The molecular formula is C18H20N6O. The summed E-state index contributed by atoms with van der Waals surface area (Å²) < 4.78 is 1.95. The lowest BCUT2D eigenvalue weighted by Gasteiger charge is -2.22. The van der Waals surface area contributed by atoms with Gasteiger partial charge in [-0.05, 0) is 30.7 Å². The Hall–Kier alpha value is -2.96. The van der Waals surface area contributed by atoms with Crippen LogP contribution < -0.4 is 4.90 Å². The van der Waals surface area contributed by atoms with Gasteiger partial charge in [0, 0.05) is 44.8 Å². The topological polar surface area (TPSA) is 66.6 Å². The van der Waals surface area contributed by atoms with E-state index in [1.165, 1.54) is 0 Å². The van der Waals surface area contributed by atoms with Crippen LogP contribution in [0.1, 0.15) is 12.1 Å². The SMILES string of the molecule is O=C(Cc1cn2ccccc2n1)N1CCCN(c2cccnn2)CC1. The zero-order valence-electron chi connectivity index (χ0n) is 14.0. The van der Waals surface area contributed by atoms with Crippen molar-refractivity contribution >= 4 is 17.4 Å². The number of anilines is 1. The van der Waals surface area contributed by atoms with E-state index in [9.17, 15) is 4.79 Å². The molecule has 1 saturated heterocycles. The molecule has 0 saturated carbocycles. The van der Waals surface area contributed by atoms with E-state index in [4.69, 9.17) is 0 Å². The molecule has 4 rings (SSSR count). The van der Waals surface area contributed by atoms with Crippen molar-refractivity contribution in [2.24, 2.45) is 0 Å². The zero-order chi connectivity index (χ0) is 17.1. The van der Waals surface area contributed by atoms with E-state index >= 15 is 0 Å². The number of hydrogen-bond acceptors (Lipinski definition) is 5. The first-order valence-electron chi connectivity index (χ1n) is 8.53. The third-order valence-electron chi connectivity index (χ3n) is 4.48. The van der Waals surface area contributed by atoms with Crippen LogP contribution in [0.5, 0.6) is 0 Å². The van der Waals surface area contributed by atoms with Gasteiger partial charge in [-0.2, -0.15) is 5.10 Å². The molecular weight excluding hydrogens is 316 g/mol. The fourth-order valence-electron chi connectivity index (χ4n) is 3.20. The molecule has 1 fully saturated rings. The van der Waals surface area contributed by atoms with Gasteiger partial charge in [0.05, 0.1) is 12.1 Å². The Balaban J connectivity index is 1.40. The Morgan fingerprint density at radius 3 is 2.88 bits per heavy atom. The molecule has 1 amide bonds. The summed E-state index contributed by atoms with van der Waals surface area (Å²) >= 11 is 0. The average Bonchev–Trinajstić information content (AvgIpc) is 2.88. The number of carbonyl (C=O) groups is 1. The highest BCUT2D eigenvalue weighted by Gasteiger charge is 2.20. The Kier molecular flexibility index (Phi) is 4.28. The number of nitrogens with zero attached hydrogens (tertiary/aromatic N) is 6. The van der Waals surface area contributed by atoms with Crippen LogP contribution in [0.4, 0.5) is 5.82 Å². The molecule has 0 aliphatic carbocycles. The molecule has 128 valence electrons. The Bertz CT molecular complexity index is 829. The molecule has 0 spiro atoms. The van der Waals surface area contributed by atoms with E-state index in [2.05, 4.69) is 20.1 Å². The molecule has 0 radical (unpaired) electrons. The minimum absolute atomic E-state index is 0.129. The molecule has 3 aromatic rings. The summed E-state index contributed by atoms with van der Waals surface area (Å²) in [5, 5.41) is 8.10. The average molecular weight is 336 g/mol. The Morgan fingerprint density at radius 1 is 1.08 bits per heavy atom. The van der Waals surface area contributed by atoms with Gasteiger partial charge in [0.2, 0.25) is 5.91 Å². The summed E-state index contributed by atoms with van der Waals surface area (Å²) in [5.74, 6) is 1.00. The van der Waals surface area contributed by atoms with Crippen LogP contribution in [0.25, 0.3) is 5.65 Å². The second-order valence-corrected chi connectivity index (χ2v) is 6.18. The Morgan fingerprint density at radius 2 is 2.04 bits per heavy atom. The van der Waals surface area contributed by atoms with Gasteiger partial charge in [-0.25, -0.2) is 4.98 Å². The van der Waals surface area contributed by atoms with Crippen molar-refractivity contribution in [2.45, 2.75) is 12.8 Å². The van der Waals surface area contributed by atoms with Crippen LogP contribution in [0, 0.1) is 0 Å². The molecule has 0 N–H and O–H groups in total. The molecule has 25 heavy (non-hydrogen) atoms. The normalized spacial score (nSPS) is 15.4. The molecule has 4 heterocycles. The molecule has 0 bridgehead atoms. The smallest absolute Gasteiger partial charge is 0.228 e. The minimum Gasteiger partial charge on any atom is -0.353 e. The van der Waals surface area contributed by atoms with Crippen molar-refractivity contribution in [3.8, 4) is 0 Å². The van der Waals surface area contributed by atoms with Gasteiger partial charge in [0.25, 0.3) is 0 Å². The molecule has 0 aromatic carbocycles. The highest BCUT2D eigenvalue weighted by Crippen LogP contribution is 2.13. The quantitative estimate of drug-likeness (QED) is 0.723. The molecule has 1 aliphatic heterocycles. The third kappa shape index (κ3) is 3.45. The second-order valence-electron chi connectivity index (χ2n) is 6.18. The van der Waals surface area contributed by atoms with Gasteiger partial charge in [-0.3, -0.25) is 4.79 Å². The Labute approximate surface area is 145 Å². The maximum Gasteiger partial charge on any atom is 0.228 e. The number of rotatable bonds is 3. The van der Waals surface area contributed by atoms with Gasteiger partial charge in [0.1, 0.15) is 5.65 Å². The summed E-state index contributed by atoms with van der Waals surface area (Å²) in [6.45, 7) is 3.12. The van der Waals surface area contributed by atoms with E-state index in [0.29, 0.717) is 13.0 Å². The zero-order valence-corrected chi connectivity index (χ0v) is 14.0. The number of hydrogen-bond donors (Lipinski definition) is 0. The lowest BCUT2D eigenvalue weighted by atomic mass is 10.3. The first-order chi connectivity index (χ1) is 12.3. The van der Waals surface area contributed by atoms with Gasteiger partial charge in [0.15, 0.2) is 5.82 Å². The number of fused-ring (bicyclic) bond motifs is 1. The standard InChI is InChI=1S/C18H20N6O/c25-18(13-15-14-24-8-2-1-5-16(24)20-15)23-10-4-9-22(11-12-23)17-6-3-7-19-21-17/h1-3,5-8,14H,4,9-13H2. The number of aromatic nitrogens is 4. The van der Waals surface area contributed by atoms with Crippen LogP contribution in [0.15, 0.2) is 48.9 Å². The van der Waals surface area contributed by atoms with Crippen molar-refractivity contribution < 1.29 is 4.79 Å². The maximum absolute atomic E-state index is 12.7. The minimum atomic E-state index is 0.129. The van der Waals surface area contributed by atoms with Crippen molar-refractivity contribution in [3.05, 3.63) is 54.6 Å². The number of pyridine rings is 1. The summed E-state index contributed by atoms with van der Waals surface area (Å²) in [4.78, 5) is 21.3. The van der Waals surface area contributed by atoms with Crippen molar-refractivity contribution in [1.82, 2.24) is 24.5 Å². The predicted octanol–water partition coefficient (Wildman–Crippen LogP) is 1.41. The summed E-state index contributed by atoms with van der Waals surface area (Å²) in [5.41, 5.74) is 1.68. The van der Waals surface area contributed by atoms with Crippen molar-refractivity contribution in [1.29, 1.82) is 0 Å². The molecule has 0 atom stereocenters. The summed E-state index contributed by atoms with van der Waals surface area (Å²) in [7, 11) is 0. The van der Waals surface area contributed by atoms with Crippen molar-refractivity contribution in [2.75, 3.05) is 31.1 Å². The lowest BCUT2D eigenvalue weighted by Crippen LogP contribution is -2.36. The van der Waals surface area contributed by atoms with E-state index < -0.39 is 0 Å². The molecule has 7 heteroatoms. The fourth-order valence-corrected chi connectivity index (χ4v) is 3.20. The van der Waals surface area contributed by atoms with Gasteiger partial charge in [-0.15, -0.1) is 5.10 Å². The third-order valence-corrected chi connectivity index (χ3v) is 4.48. The van der Waals surface area contributed by atoms with Crippen LogP contribution in [-0.4, -0.2) is 56.6 Å². The second kappa shape index (κ2) is 6.88. The lowest BCUT2D eigenvalue weighted by molar-refractivity contribution is -0.130. The highest BCUT2D eigenvalue weighted by molar-refractivity contribution is 5.78. The van der Waals surface area contributed by atoms with Crippen LogP contribution in [-0.2, 0) is 11.2 Å². The largest absolute Gasteiger partial charge is 0.353 e. The molecule has 3 aromatic heterocycles. The first-order valence-corrected chi connectivity index (χ1v) is 8.53. The predicted molar refractivity (Wildman–Crippen MR) is 94.3 cm³/mol. The summed E-state index contributed by atoms with van der Waals surface area (Å²) in [6, 6.07) is 9.69. The number of imidazole rings is 1. The first kappa shape index (κ1) is 15.6. The molecule has 7 nitrogen and oxygen atoms in total. The van der Waals surface area contributed by atoms with Crippen LogP contribution >= 0.6 is 0 Å². The van der Waals surface area contributed by atoms with E-state index in [1.54, 1.807) is 6.20 Å². The van der Waals surface area contributed by atoms with Crippen LogP contribution in [0.3, 0.4) is 0 Å². The van der Waals surface area contributed by atoms with E-state index in [-0.39, 0.29) is 5.91 Å². The van der Waals surface area contributed by atoms with E-state index in [1.807, 2.05) is 52.0 Å². The van der Waals surface area contributed by atoms with Gasteiger partial charge in [-0.1, -0.05) is 6.07 Å². The monoisotopic (exact) mass is 336 g/mol. The number of amides is 1. The molecule has 1 aliphatic rings. The van der Waals surface area contributed by atoms with Crippen molar-refractivity contribution in [3.63, 3.8) is 0 Å². The number of carbonyl (C=O) groups excluding carboxylic acids is 1. The van der Waals surface area contributed by atoms with E-state index in [0.717, 1.165) is 43.2 Å². The highest BCUT2D eigenvalue weighted by atomic mass is 16.2. The van der Waals surface area contributed by atoms with Gasteiger partial charge < -0.3 is 14.2 Å².